The van der Waals surface area contributed by atoms with Crippen molar-refractivity contribution in [3.8, 4) is 11.5 Å². The standard InChI is InChI=1S/C29H39N5O5/c1-18-17-32-26(21-11-12-21)29(38)34(3)19(2)27(36)33-24(16-20-7-4-8-22(35)15-20)28(37)31-14-5-9-23-25(39-18)10-6-13-30-23/h4,6-8,10,13,15,18-19,21,24,26,32,35H,5,9,11-12,14,16-17H2,1-3H3,(H,31,37)(H,33,36)/t18-,19-,24?,26+/m1/s1. The topological polar surface area (TPSA) is 133 Å². The highest BCUT2D eigenvalue weighted by Crippen LogP contribution is 2.33. The number of likely N-dealkylation sites (N-methyl/N-ethyl adjacent to an activating group) is 1. The lowest BCUT2D eigenvalue weighted by molar-refractivity contribution is -0.141. The molecule has 10 nitrogen and oxygen atoms in total. The Morgan fingerprint density at radius 1 is 1.10 bits per heavy atom. The second-order valence-corrected chi connectivity index (χ2v) is 10.6. The van der Waals surface area contributed by atoms with E-state index in [0.717, 1.165) is 18.5 Å². The number of aromatic hydroxyl groups is 1. The lowest BCUT2D eigenvalue weighted by Crippen LogP contribution is -2.57. The maximum atomic E-state index is 13.5. The molecule has 10 heteroatoms. The van der Waals surface area contributed by atoms with Crippen molar-refractivity contribution in [3.63, 3.8) is 0 Å². The van der Waals surface area contributed by atoms with Gasteiger partial charge in [0.15, 0.2) is 0 Å². The van der Waals surface area contributed by atoms with Crippen LogP contribution in [0.3, 0.4) is 0 Å². The van der Waals surface area contributed by atoms with Gasteiger partial charge < -0.3 is 30.7 Å². The van der Waals surface area contributed by atoms with E-state index in [0.29, 0.717) is 37.2 Å². The first-order valence-corrected chi connectivity index (χ1v) is 13.7. The van der Waals surface area contributed by atoms with Gasteiger partial charge >= 0.3 is 0 Å². The first-order chi connectivity index (χ1) is 18.7. The summed E-state index contributed by atoms with van der Waals surface area (Å²) in [5.41, 5.74) is 1.50. The lowest BCUT2D eigenvalue weighted by Gasteiger charge is -2.31. The molecule has 1 aromatic carbocycles. The molecule has 0 bridgehead atoms. The molecule has 4 atom stereocenters. The van der Waals surface area contributed by atoms with Crippen molar-refractivity contribution in [2.75, 3.05) is 20.1 Å². The van der Waals surface area contributed by atoms with E-state index in [1.165, 1.54) is 4.90 Å². The number of fused-ring (bicyclic) bond motifs is 1. The predicted octanol–water partition coefficient (Wildman–Crippen LogP) is 1.56. The molecule has 210 valence electrons. The van der Waals surface area contributed by atoms with Crippen LogP contribution >= 0.6 is 0 Å². The molecule has 0 saturated heterocycles. The second kappa shape index (κ2) is 12.9. The number of hydrogen-bond donors (Lipinski definition) is 4. The fourth-order valence-electron chi connectivity index (χ4n) is 4.75. The third kappa shape index (κ3) is 7.69. The number of ether oxygens (including phenoxy) is 1. The van der Waals surface area contributed by atoms with Crippen LogP contribution in [0, 0.1) is 5.92 Å². The number of nitrogens with one attached hydrogen (secondary N) is 3. The molecule has 4 rings (SSSR count). The molecule has 4 N–H and O–H groups in total. The minimum Gasteiger partial charge on any atom is -0.508 e. The highest BCUT2D eigenvalue weighted by molar-refractivity contribution is 5.93. The fourth-order valence-corrected chi connectivity index (χ4v) is 4.75. The zero-order chi connectivity index (χ0) is 27.9. The molecule has 1 unspecified atom stereocenters. The maximum Gasteiger partial charge on any atom is 0.243 e. The normalized spacial score (nSPS) is 25.9. The van der Waals surface area contributed by atoms with Gasteiger partial charge in [-0.3, -0.25) is 19.4 Å². The van der Waals surface area contributed by atoms with Crippen LogP contribution in [0.25, 0.3) is 0 Å². The van der Waals surface area contributed by atoms with Gasteiger partial charge in [-0.15, -0.1) is 0 Å². The number of rotatable bonds is 3. The van der Waals surface area contributed by atoms with Gasteiger partial charge in [-0.2, -0.15) is 0 Å². The summed E-state index contributed by atoms with van der Waals surface area (Å²) in [6.45, 7) is 4.46. The summed E-state index contributed by atoms with van der Waals surface area (Å²) in [5.74, 6) is 0.0674. The Hall–Kier alpha value is -3.66. The Bertz CT molecular complexity index is 1170. The van der Waals surface area contributed by atoms with E-state index in [1.807, 2.05) is 19.1 Å². The van der Waals surface area contributed by atoms with Crippen molar-refractivity contribution in [1.29, 1.82) is 0 Å². The van der Waals surface area contributed by atoms with E-state index in [1.54, 1.807) is 44.4 Å². The summed E-state index contributed by atoms with van der Waals surface area (Å²) >= 11 is 0. The van der Waals surface area contributed by atoms with E-state index < -0.39 is 24.0 Å². The van der Waals surface area contributed by atoms with Gasteiger partial charge in [-0.1, -0.05) is 12.1 Å². The molecule has 2 aromatic rings. The Morgan fingerprint density at radius 3 is 2.64 bits per heavy atom. The summed E-state index contributed by atoms with van der Waals surface area (Å²) in [6, 6.07) is 8.23. The molecular formula is C29H39N5O5. The SMILES string of the molecule is C[C@@H]1CN[C@@H](C2CC2)C(=O)N(C)[C@H](C)C(=O)NC(Cc2cccc(O)c2)C(=O)NCCCc2ncccc2O1. The number of carbonyl (C=O) groups is 3. The van der Waals surface area contributed by atoms with Crippen molar-refractivity contribution < 1.29 is 24.2 Å². The molecular weight excluding hydrogens is 498 g/mol. The lowest BCUT2D eigenvalue weighted by atomic mass is 10.0. The Labute approximate surface area is 229 Å². The molecule has 3 amide bonds. The van der Waals surface area contributed by atoms with Crippen LogP contribution in [0.2, 0.25) is 0 Å². The minimum atomic E-state index is -0.879. The van der Waals surface area contributed by atoms with Crippen molar-refractivity contribution in [2.45, 2.75) is 70.2 Å². The molecule has 39 heavy (non-hydrogen) atoms. The van der Waals surface area contributed by atoms with Crippen LogP contribution in [0.4, 0.5) is 0 Å². The third-order valence-corrected chi connectivity index (χ3v) is 7.34. The van der Waals surface area contributed by atoms with E-state index in [-0.39, 0.29) is 36.0 Å². The van der Waals surface area contributed by atoms with Gasteiger partial charge in [-0.25, -0.2) is 0 Å². The molecule has 0 radical (unpaired) electrons. The number of phenolic OH excluding ortho intramolecular Hbond substituents is 1. The average Bonchev–Trinajstić information content (AvgIpc) is 3.75. The zero-order valence-electron chi connectivity index (χ0n) is 22.9. The number of nitrogens with zero attached hydrogens (tertiary/aromatic N) is 2. The van der Waals surface area contributed by atoms with Crippen LogP contribution < -0.4 is 20.7 Å². The summed E-state index contributed by atoms with van der Waals surface area (Å²) in [4.78, 5) is 45.9. The predicted molar refractivity (Wildman–Crippen MR) is 146 cm³/mol. The van der Waals surface area contributed by atoms with Crippen LogP contribution in [0.1, 0.15) is 44.4 Å². The molecule has 2 aliphatic rings. The second-order valence-electron chi connectivity index (χ2n) is 10.6. The van der Waals surface area contributed by atoms with Gasteiger partial charge in [0, 0.05) is 32.8 Å². The Balaban J connectivity index is 1.57. The molecule has 2 heterocycles. The summed E-state index contributed by atoms with van der Waals surface area (Å²) in [7, 11) is 1.62. The molecule has 1 saturated carbocycles. The van der Waals surface area contributed by atoms with Crippen molar-refractivity contribution in [1.82, 2.24) is 25.8 Å². The monoisotopic (exact) mass is 537 g/mol. The molecule has 1 aliphatic carbocycles. The number of aromatic nitrogens is 1. The maximum absolute atomic E-state index is 13.5. The number of benzene rings is 1. The number of aryl methyl sites for hydroxylation is 1. The van der Waals surface area contributed by atoms with Gasteiger partial charge in [0.1, 0.15) is 29.7 Å². The number of amides is 3. The van der Waals surface area contributed by atoms with Gasteiger partial charge in [-0.05, 0) is 75.3 Å². The third-order valence-electron chi connectivity index (χ3n) is 7.34. The van der Waals surface area contributed by atoms with Crippen molar-refractivity contribution in [3.05, 3.63) is 53.9 Å². The Kier molecular flexibility index (Phi) is 9.40. The zero-order valence-corrected chi connectivity index (χ0v) is 22.9. The van der Waals surface area contributed by atoms with Gasteiger partial charge in [0.25, 0.3) is 0 Å². The number of hydrogen-bond acceptors (Lipinski definition) is 7. The Morgan fingerprint density at radius 2 is 1.90 bits per heavy atom. The molecule has 1 aromatic heterocycles. The molecule has 0 spiro atoms. The van der Waals surface area contributed by atoms with Crippen molar-refractivity contribution in [2.24, 2.45) is 5.92 Å². The quantitative estimate of drug-likeness (QED) is 0.467. The van der Waals surface area contributed by atoms with Gasteiger partial charge in [0.05, 0.1) is 11.7 Å². The first kappa shape index (κ1) is 28.4. The smallest absolute Gasteiger partial charge is 0.243 e. The van der Waals surface area contributed by atoms with E-state index in [2.05, 4.69) is 20.9 Å². The number of pyridine rings is 1. The summed E-state index contributed by atoms with van der Waals surface area (Å²) in [6.07, 6.45) is 4.84. The summed E-state index contributed by atoms with van der Waals surface area (Å²) < 4.78 is 6.18. The van der Waals surface area contributed by atoms with Crippen LogP contribution in [0.5, 0.6) is 11.5 Å². The summed E-state index contributed by atoms with van der Waals surface area (Å²) in [5, 5.41) is 19.0. The van der Waals surface area contributed by atoms with E-state index in [9.17, 15) is 19.5 Å². The van der Waals surface area contributed by atoms with Crippen LogP contribution in [-0.4, -0.2) is 77.1 Å². The number of phenols is 1. The molecule has 1 aliphatic heterocycles. The fraction of sp³-hybridized carbons (Fsp3) is 0.517. The largest absolute Gasteiger partial charge is 0.508 e. The molecule has 1 fully saturated rings. The van der Waals surface area contributed by atoms with Crippen LogP contribution in [-0.2, 0) is 27.2 Å². The van der Waals surface area contributed by atoms with E-state index >= 15 is 0 Å². The minimum absolute atomic E-state index is 0.0828. The van der Waals surface area contributed by atoms with E-state index in [4.69, 9.17) is 4.74 Å². The number of carbonyl (C=O) groups excluding carboxylic acids is 3. The first-order valence-electron chi connectivity index (χ1n) is 13.7. The highest BCUT2D eigenvalue weighted by Gasteiger charge is 2.39. The highest BCUT2D eigenvalue weighted by atomic mass is 16.5. The van der Waals surface area contributed by atoms with Gasteiger partial charge in [0.2, 0.25) is 17.7 Å². The van der Waals surface area contributed by atoms with Crippen LogP contribution in [0.15, 0.2) is 42.6 Å². The van der Waals surface area contributed by atoms with Crippen molar-refractivity contribution >= 4 is 17.7 Å². The average molecular weight is 538 g/mol.